The first-order valence-corrected chi connectivity index (χ1v) is 10.5. The number of carbonyl (C=O) groups is 2. The molecular formula is C23H27N3O5. The number of fused-ring (bicyclic) bond motifs is 1. The highest BCUT2D eigenvalue weighted by Crippen LogP contribution is 2.33. The van der Waals surface area contributed by atoms with E-state index >= 15 is 0 Å². The van der Waals surface area contributed by atoms with Crippen LogP contribution < -0.4 is 19.7 Å². The summed E-state index contributed by atoms with van der Waals surface area (Å²) in [6, 6.07) is 14.7. The van der Waals surface area contributed by atoms with E-state index in [0.29, 0.717) is 50.9 Å². The summed E-state index contributed by atoms with van der Waals surface area (Å²) in [5, 5.41) is 2.91. The third-order valence-electron chi connectivity index (χ3n) is 5.24. The van der Waals surface area contributed by atoms with Gasteiger partial charge in [0.15, 0.2) is 6.10 Å². The van der Waals surface area contributed by atoms with Crippen molar-refractivity contribution < 1.29 is 23.8 Å². The van der Waals surface area contributed by atoms with E-state index in [1.165, 1.54) is 0 Å². The second-order valence-corrected chi connectivity index (χ2v) is 7.40. The van der Waals surface area contributed by atoms with Crippen molar-refractivity contribution >= 4 is 23.2 Å². The number of hydrogen-bond acceptors (Lipinski definition) is 6. The fraction of sp³-hybridized carbons (Fsp3) is 0.391. The van der Waals surface area contributed by atoms with Gasteiger partial charge in [0.1, 0.15) is 11.5 Å². The molecule has 0 saturated carbocycles. The Morgan fingerprint density at radius 2 is 1.84 bits per heavy atom. The molecule has 2 aliphatic rings. The van der Waals surface area contributed by atoms with Crippen molar-refractivity contribution in [2.75, 3.05) is 56.2 Å². The Bertz CT molecular complexity index is 912. The maximum Gasteiger partial charge on any atom is 0.265 e. The number of ether oxygens (including phenoxy) is 3. The molecule has 164 valence electrons. The normalized spacial score (nSPS) is 18.0. The molecule has 2 aromatic carbocycles. The molecule has 0 bridgehead atoms. The van der Waals surface area contributed by atoms with Gasteiger partial charge >= 0.3 is 0 Å². The summed E-state index contributed by atoms with van der Waals surface area (Å²) in [6.07, 6.45) is -0.661. The second kappa shape index (κ2) is 9.70. The first kappa shape index (κ1) is 21.0. The number of anilines is 2. The molecule has 0 radical (unpaired) electrons. The van der Waals surface area contributed by atoms with Crippen molar-refractivity contribution in [1.82, 2.24) is 4.90 Å². The van der Waals surface area contributed by atoms with E-state index in [4.69, 9.17) is 14.2 Å². The zero-order valence-corrected chi connectivity index (χ0v) is 17.6. The van der Waals surface area contributed by atoms with E-state index in [1.54, 1.807) is 17.0 Å². The molecule has 1 N–H and O–H groups in total. The number of morpholine rings is 1. The van der Waals surface area contributed by atoms with Crippen molar-refractivity contribution in [2.45, 2.75) is 13.0 Å². The molecule has 1 fully saturated rings. The molecule has 8 heteroatoms. The maximum atomic E-state index is 13.0. The first-order chi connectivity index (χ1) is 15.1. The third kappa shape index (κ3) is 5.08. The molecule has 0 aliphatic carbocycles. The molecule has 1 atom stereocenters. The monoisotopic (exact) mass is 425 g/mol. The zero-order valence-electron chi connectivity index (χ0n) is 17.6. The Labute approximate surface area is 181 Å². The molecule has 4 rings (SSSR count). The average Bonchev–Trinajstić information content (AvgIpc) is 2.80. The van der Waals surface area contributed by atoms with Gasteiger partial charge in [0.25, 0.3) is 5.91 Å². The van der Waals surface area contributed by atoms with E-state index in [2.05, 4.69) is 5.32 Å². The van der Waals surface area contributed by atoms with Gasteiger partial charge in [-0.05, 0) is 43.3 Å². The average molecular weight is 425 g/mol. The van der Waals surface area contributed by atoms with Crippen molar-refractivity contribution in [3.63, 3.8) is 0 Å². The number of rotatable bonds is 6. The molecular weight excluding hydrogens is 398 g/mol. The quantitative estimate of drug-likeness (QED) is 0.764. The predicted molar refractivity (Wildman–Crippen MR) is 117 cm³/mol. The van der Waals surface area contributed by atoms with Gasteiger partial charge in [-0.25, -0.2) is 0 Å². The maximum absolute atomic E-state index is 13.0. The van der Waals surface area contributed by atoms with Gasteiger partial charge in [0, 0.05) is 18.8 Å². The molecule has 0 unspecified atom stereocenters. The van der Waals surface area contributed by atoms with Crippen LogP contribution in [0, 0.1) is 0 Å². The van der Waals surface area contributed by atoms with Crippen LogP contribution in [-0.2, 0) is 14.3 Å². The van der Waals surface area contributed by atoms with Crippen LogP contribution in [0.5, 0.6) is 11.5 Å². The highest BCUT2D eigenvalue weighted by molar-refractivity contribution is 5.95. The number of nitrogens with one attached hydrogen (secondary N) is 1. The predicted octanol–water partition coefficient (Wildman–Crippen LogP) is 2.15. The van der Waals surface area contributed by atoms with E-state index in [0.717, 1.165) is 11.4 Å². The summed E-state index contributed by atoms with van der Waals surface area (Å²) in [5.41, 5.74) is 1.49. The highest BCUT2D eigenvalue weighted by Gasteiger charge is 2.34. The van der Waals surface area contributed by atoms with Crippen molar-refractivity contribution in [2.24, 2.45) is 0 Å². The number of hydrogen-bond donors (Lipinski definition) is 1. The standard InChI is InChI=1S/C23H27N3O5/c1-2-30-18-9-7-17(8-10-18)24-22(27)16-26-15-21(23(28)25-11-13-29-14-12-25)31-20-6-4-3-5-19(20)26/h3-10,21H,2,11-16H2,1H3,(H,24,27)/t21-/m1/s1. The van der Waals surface area contributed by atoms with Gasteiger partial charge in [-0.15, -0.1) is 0 Å². The van der Waals surface area contributed by atoms with E-state index in [9.17, 15) is 9.59 Å². The molecule has 2 aliphatic heterocycles. The molecule has 0 aromatic heterocycles. The Morgan fingerprint density at radius 3 is 2.58 bits per heavy atom. The Morgan fingerprint density at radius 1 is 1.10 bits per heavy atom. The third-order valence-corrected chi connectivity index (χ3v) is 5.24. The van der Waals surface area contributed by atoms with Crippen LogP contribution >= 0.6 is 0 Å². The topological polar surface area (TPSA) is 80.3 Å². The summed E-state index contributed by atoms with van der Waals surface area (Å²) >= 11 is 0. The van der Waals surface area contributed by atoms with Gasteiger partial charge in [0.2, 0.25) is 5.91 Å². The Hall–Kier alpha value is -3.26. The lowest BCUT2D eigenvalue weighted by atomic mass is 10.1. The number of para-hydroxylation sites is 2. The van der Waals surface area contributed by atoms with E-state index in [1.807, 2.05) is 48.2 Å². The van der Waals surface area contributed by atoms with Gasteiger partial charge in [-0.1, -0.05) is 12.1 Å². The fourth-order valence-corrected chi connectivity index (χ4v) is 3.75. The van der Waals surface area contributed by atoms with Crippen LogP contribution in [0.2, 0.25) is 0 Å². The molecule has 2 aromatic rings. The van der Waals surface area contributed by atoms with Crippen molar-refractivity contribution in [3.05, 3.63) is 48.5 Å². The summed E-state index contributed by atoms with van der Waals surface area (Å²) in [6.45, 7) is 5.10. The molecule has 8 nitrogen and oxygen atoms in total. The van der Waals surface area contributed by atoms with E-state index < -0.39 is 6.10 Å². The highest BCUT2D eigenvalue weighted by atomic mass is 16.5. The summed E-state index contributed by atoms with van der Waals surface area (Å²) < 4.78 is 16.8. The van der Waals surface area contributed by atoms with Crippen LogP contribution in [0.1, 0.15) is 6.92 Å². The van der Waals surface area contributed by atoms with Gasteiger partial charge in [0.05, 0.1) is 38.6 Å². The Kier molecular flexibility index (Phi) is 6.57. The van der Waals surface area contributed by atoms with Gasteiger partial charge in [-0.3, -0.25) is 9.59 Å². The minimum atomic E-state index is -0.661. The summed E-state index contributed by atoms with van der Waals surface area (Å²) in [4.78, 5) is 29.4. The molecule has 0 spiro atoms. The van der Waals surface area contributed by atoms with Gasteiger partial charge in [-0.2, -0.15) is 0 Å². The van der Waals surface area contributed by atoms with Crippen LogP contribution in [-0.4, -0.2) is 68.8 Å². The lowest BCUT2D eigenvalue weighted by Crippen LogP contribution is -2.53. The van der Waals surface area contributed by atoms with Crippen molar-refractivity contribution in [3.8, 4) is 11.5 Å². The van der Waals surface area contributed by atoms with E-state index in [-0.39, 0.29) is 18.4 Å². The molecule has 2 heterocycles. The van der Waals surface area contributed by atoms with Crippen LogP contribution in [0.25, 0.3) is 0 Å². The Balaban J connectivity index is 1.44. The molecule has 31 heavy (non-hydrogen) atoms. The van der Waals surface area contributed by atoms with Crippen LogP contribution in [0.4, 0.5) is 11.4 Å². The lowest BCUT2D eigenvalue weighted by molar-refractivity contribution is -0.142. The number of amides is 2. The lowest BCUT2D eigenvalue weighted by Gasteiger charge is -2.38. The van der Waals surface area contributed by atoms with Crippen LogP contribution in [0.3, 0.4) is 0 Å². The minimum absolute atomic E-state index is 0.0743. The number of benzene rings is 2. The zero-order chi connectivity index (χ0) is 21.6. The first-order valence-electron chi connectivity index (χ1n) is 10.5. The second-order valence-electron chi connectivity index (χ2n) is 7.40. The molecule has 2 amide bonds. The van der Waals surface area contributed by atoms with Crippen LogP contribution in [0.15, 0.2) is 48.5 Å². The smallest absolute Gasteiger partial charge is 0.265 e. The number of carbonyl (C=O) groups excluding carboxylic acids is 2. The minimum Gasteiger partial charge on any atom is -0.494 e. The summed E-state index contributed by atoms with van der Waals surface area (Å²) in [5.74, 6) is 1.12. The summed E-state index contributed by atoms with van der Waals surface area (Å²) in [7, 11) is 0. The van der Waals surface area contributed by atoms with Gasteiger partial charge < -0.3 is 29.3 Å². The van der Waals surface area contributed by atoms with Crippen molar-refractivity contribution in [1.29, 1.82) is 0 Å². The SMILES string of the molecule is CCOc1ccc(NC(=O)CN2C[C@H](C(=O)N3CCOCC3)Oc3ccccc32)cc1. The largest absolute Gasteiger partial charge is 0.494 e. The fourth-order valence-electron chi connectivity index (χ4n) is 3.75. The number of nitrogens with zero attached hydrogens (tertiary/aromatic N) is 2. The molecule has 1 saturated heterocycles.